The number of fused-ring (bicyclic) bond motifs is 1. The van der Waals surface area contributed by atoms with E-state index in [9.17, 15) is 17.6 Å². The van der Waals surface area contributed by atoms with E-state index < -0.39 is 17.7 Å². The van der Waals surface area contributed by atoms with Gasteiger partial charge in [-0.2, -0.15) is 13.2 Å². The first-order valence-electron chi connectivity index (χ1n) is 8.90. The number of hydrogen-bond acceptors (Lipinski definition) is 3. The highest BCUT2D eigenvalue weighted by molar-refractivity contribution is 5.77. The lowest BCUT2D eigenvalue weighted by Crippen LogP contribution is -2.24. The second-order valence-corrected chi connectivity index (χ2v) is 6.75. The molecule has 27 heavy (non-hydrogen) atoms. The van der Waals surface area contributed by atoms with E-state index in [0.29, 0.717) is 0 Å². The third kappa shape index (κ3) is 3.36. The number of imidazole rings is 1. The van der Waals surface area contributed by atoms with Gasteiger partial charge in [-0.25, -0.2) is 9.37 Å². The number of hydrogen-bond donors (Lipinski definition) is 1. The summed E-state index contributed by atoms with van der Waals surface area (Å²) in [7, 11) is 0. The zero-order chi connectivity index (χ0) is 19.0. The van der Waals surface area contributed by atoms with E-state index >= 15 is 0 Å². The van der Waals surface area contributed by atoms with Crippen molar-refractivity contribution in [3.05, 3.63) is 48.2 Å². The van der Waals surface area contributed by atoms with E-state index in [-0.39, 0.29) is 28.8 Å². The van der Waals surface area contributed by atoms with Crippen LogP contribution in [0.4, 0.5) is 23.4 Å². The first kappa shape index (κ1) is 17.8. The van der Waals surface area contributed by atoms with Gasteiger partial charge in [-0.05, 0) is 31.0 Å². The second kappa shape index (κ2) is 6.83. The van der Waals surface area contributed by atoms with Crippen molar-refractivity contribution < 1.29 is 17.6 Å². The third-order valence-corrected chi connectivity index (χ3v) is 4.91. The largest absolute Gasteiger partial charge is 0.431 e. The van der Waals surface area contributed by atoms with Gasteiger partial charge < -0.3 is 5.32 Å². The number of pyridine rings is 2. The van der Waals surface area contributed by atoms with Gasteiger partial charge in [0.1, 0.15) is 22.9 Å². The minimum atomic E-state index is -4.56. The molecule has 0 radical (unpaired) electrons. The molecule has 0 aliphatic heterocycles. The van der Waals surface area contributed by atoms with Gasteiger partial charge in [-0.1, -0.05) is 25.3 Å². The molecule has 0 amide bonds. The SMILES string of the molecule is Fc1cnccc1-c1nc2cccc(C(F)(F)F)n2c1NC1CCCCC1. The van der Waals surface area contributed by atoms with E-state index in [4.69, 9.17) is 0 Å². The maximum Gasteiger partial charge on any atom is 0.431 e. The van der Waals surface area contributed by atoms with Gasteiger partial charge in [0.2, 0.25) is 0 Å². The van der Waals surface area contributed by atoms with Crippen LogP contribution in [0.25, 0.3) is 16.9 Å². The van der Waals surface area contributed by atoms with Crippen LogP contribution in [0.5, 0.6) is 0 Å². The van der Waals surface area contributed by atoms with Gasteiger partial charge >= 0.3 is 6.18 Å². The zero-order valence-electron chi connectivity index (χ0n) is 14.4. The van der Waals surface area contributed by atoms with Crippen LogP contribution in [0.15, 0.2) is 36.7 Å². The molecule has 1 N–H and O–H groups in total. The van der Waals surface area contributed by atoms with Gasteiger partial charge in [-0.15, -0.1) is 0 Å². The summed E-state index contributed by atoms with van der Waals surface area (Å²) in [5.74, 6) is -0.448. The zero-order valence-corrected chi connectivity index (χ0v) is 14.4. The molecule has 8 heteroatoms. The quantitative estimate of drug-likeness (QED) is 0.629. The number of aromatic nitrogens is 3. The molecule has 0 atom stereocenters. The van der Waals surface area contributed by atoms with Crippen molar-refractivity contribution in [1.29, 1.82) is 0 Å². The molecular formula is C19H18F4N4. The Morgan fingerprint density at radius 1 is 1.07 bits per heavy atom. The van der Waals surface area contributed by atoms with Gasteiger partial charge in [0.05, 0.1) is 6.20 Å². The average molecular weight is 378 g/mol. The second-order valence-electron chi connectivity index (χ2n) is 6.75. The molecule has 3 aromatic rings. The normalized spacial score (nSPS) is 16.0. The highest BCUT2D eigenvalue weighted by Gasteiger charge is 2.35. The average Bonchev–Trinajstić information content (AvgIpc) is 3.00. The van der Waals surface area contributed by atoms with Crippen molar-refractivity contribution in [2.75, 3.05) is 5.32 Å². The predicted octanol–water partition coefficient (Wildman–Crippen LogP) is 5.30. The van der Waals surface area contributed by atoms with Crippen molar-refractivity contribution in [2.24, 2.45) is 0 Å². The molecule has 142 valence electrons. The Kier molecular flexibility index (Phi) is 4.49. The molecule has 3 heterocycles. The van der Waals surface area contributed by atoms with Crippen LogP contribution in [0.1, 0.15) is 37.8 Å². The highest BCUT2D eigenvalue weighted by atomic mass is 19.4. The molecule has 0 bridgehead atoms. The van der Waals surface area contributed by atoms with Gasteiger partial charge in [-0.3, -0.25) is 9.38 Å². The number of rotatable bonds is 3. The summed E-state index contributed by atoms with van der Waals surface area (Å²) >= 11 is 0. The lowest BCUT2D eigenvalue weighted by molar-refractivity contribution is -0.141. The molecule has 1 aliphatic rings. The first-order valence-corrected chi connectivity index (χ1v) is 8.90. The fourth-order valence-electron chi connectivity index (χ4n) is 3.64. The van der Waals surface area contributed by atoms with Crippen LogP contribution in [0.2, 0.25) is 0 Å². The molecule has 1 saturated carbocycles. The van der Waals surface area contributed by atoms with E-state index in [1.807, 2.05) is 0 Å². The Labute approximate surface area is 153 Å². The number of nitrogens with zero attached hydrogens (tertiary/aromatic N) is 3. The first-order chi connectivity index (χ1) is 12.9. The molecule has 0 saturated heterocycles. The molecule has 4 rings (SSSR count). The molecule has 1 fully saturated rings. The standard InChI is InChI=1S/C19H18F4N4/c20-14-11-24-10-9-13(14)17-18(25-12-5-2-1-3-6-12)27-15(19(21,22)23)7-4-8-16(27)26-17/h4,7-12,25H,1-3,5-6H2. The summed E-state index contributed by atoms with van der Waals surface area (Å²) < 4.78 is 56.2. The van der Waals surface area contributed by atoms with Crippen LogP contribution < -0.4 is 5.32 Å². The van der Waals surface area contributed by atoms with E-state index in [1.165, 1.54) is 24.4 Å². The lowest BCUT2D eigenvalue weighted by atomic mass is 9.95. The Hall–Kier alpha value is -2.64. The highest BCUT2D eigenvalue weighted by Crippen LogP contribution is 2.37. The topological polar surface area (TPSA) is 42.2 Å². The number of anilines is 1. The Bertz CT molecular complexity index is 958. The molecule has 4 nitrogen and oxygen atoms in total. The minimum absolute atomic E-state index is 0.0311. The van der Waals surface area contributed by atoms with Gasteiger partial charge in [0, 0.05) is 17.8 Å². The lowest BCUT2D eigenvalue weighted by Gasteiger charge is -2.25. The monoisotopic (exact) mass is 378 g/mol. The van der Waals surface area contributed by atoms with Crippen molar-refractivity contribution >= 4 is 11.5 Å². The summed E-state index contributed by atoms with van der Waals surface area (Å²) in [6.45, 7) is 0. The molecule has 0 unspecified atom stereocenters. The Morgan fingerprint density at radius 3 is 2.56 bits per heavy atom. The van der Waals surface area contributed by atoms with Crippen molar-refractivity contribution in [2.45, 2.75) is 44.3 Å². The smallest absolute Gasteiger partial charge is 0.367 e. The summed E-state index contributed by atoms with van der Waals surface area (Å²) in [6.07, 6.45) is 2.74. The van der Waals surface area contributed by atoms with Crippen LogP contribution in [0.3, 0.4) is 0 Å². The van der Waals surface area contributed by atoms with E-state index in [2.05, 4.69) is 15.3 Å². The van der Waals surface area contributed by atoms with E-state index in [0.717, 1.165) is 48.8 Å². The van der Waals surface area contributed by atoms with E-state index in [1.54, 1.807) is 0 Å². The number of halogens is 4. The molecule has 0 spiro atoms. The number of alkyl halides is 3. The summed E-state index contributed by atoms with van der Waals surface area (Å²) in [5, 5.41) is 3.22. The van der Waals surface area contributed by atoms with Gasteiger partial charge in [0.25, 0.3) is 0 Å². The maximum atomic E-state index is 14.3. The van der Waals surface area contributed by atoms with Gasteiger partial charge in [0.15, 0.2) is 5.82 Å². The van der Waals surface area contributed by atoms with Crippen molar-refractivity contribution in [3.8, 4) is 11.3 Å². The fraction of sp³-hybridized carbons (Fsp3) is 0.368. The molecular weight excluding hydrogens is 360 g/mol. The minimum Gasteiger partial charge on any atom is -0.367 e. The van der Waals surface area contributed by atoms with Crippen LogP contribution in [-0.2, 0) is 6.18 Å². The van der Waals surface area contributed by atoms with Crippen molar-refractivity contribution in [3.63, 3.8) is 0 Å². The molecule has 0 aromatic carbocycles. The Morgan fingerprint density at radius 2 is 1.85 bits per heavy atom. The maximum absolute atomic E-state index is 14.3. The fourth-order valence-corrected chi connectivity index (χ4v) is 3.64. The third-order valence-electron chi connectivity index (χ3n) is 4.91. The van der Waals surface area contributed by atoms with Crippen LogP contribution >= 0.6 is 0 Å². The van der Waals surface area contributed by atoms with Crippen LogP contribution in [-0.4, -0.2) is 20.4 Å². The predicted molar refractivity (Wildman–Crippen MR) is 93.9 cm³/mol. The summed E-state index contributed by atoms with van der Waals surface area (Å²) in [4.78, 5) is 8.03. The Balaban J connectivity index is 1.94. The number of nitrogens with one attached hydrogen (secondary N) is 1. The molecule has 1 aliphatic carbocycles. The molecule has 3 aromatic heterocycles. The summed E-state index contributed by atoms with van der Waals surface area (Å²) in [5.41, 5.74) is -0.432. The van der Waals surface area contributed by atoms with Crippen molar-refractivity contribution in [1.82, 2.24) is 14.4 Å². The summed E-state index contributed by atoms with van der Waals surface area (Å²) in [6, 6.07) is 5.26. The van der Waals surface area contributed by atoms with Crippen LogP contribution in [0, 0.1) is 5.82 Å².